The number of aryl methyl sites for hydroxylation is 1. The highest BCUT2D eigenvalue weighted by Crippen LogP contribution is 2.37. The normalized spacial score (nSPS) is 24.9. The molecule has 1 aliphatic heterocycles. The zero-order chi connectivity index (χ0) is 16.8. The highest BCUT2D eigenvalue weighted by molar-refractivity contribution is 5.98. The van der Waals surface area contributed by atoms with Gasteiger partial charge in [0.1, 0.15) is 5.82 Å². The topological polar surface area (TPSA) is 40.5 Å². The van der Waals surface area contributed by atoms with Crippen LogP contribution in [-0.4, -0.2) is 28.1 Å². The predicted molar refractivity (Wildman–Crippen MR) is 87.6 cm³/mol. The molecule has 1 fully saturated rings. The Kier molecular flexibility index (Phi) is 4.21. The summed E-state index contributed by atoms with van der Waals surface area (Å²) in [6.45, 7) is 6.68. The molecule has 1 saturated carbocycles. The van der Waals surface area contributed by atoms with Crippen molar-refractivity contribution in [2.45, 2.75) is 58.6 Å². The van der Waals surface area contributed by atoms with E-state index in [-0.39, 0.29) is 17.3 Å². The fraction of sp³-hybridized carbons (Fsp3) is 0.632. The van der Waals surface area contributed by atoms with Crippen molar-refractivity contribution in [3.05, 3.63) is 34.6 Å². The Morgan fingerprint density at radius 3 is 2.52 bits per heavy atom. The molecule has 23 heavy (non-hydrogen) atoms. The summed E-state index contributed by atoms with van der Waals surface area (Å²) in [5, 5.41) is 10.1. The fourth-order valence-electron chi connectivity index (χ4n) is 4.03. The standard InChI is InChI=1S/C19H26FNO2/c1-12-4-7-14-11-21(18(22)16(14)17(12)20)10-13-5-8-15(9-6-13)19(2,3)23/h4,7,13,15,23H,5-6,8-11H2,1-3H3. The van der Waals surface area contributed by atoms with Crippen molar-refractivity contribution in [3.63, 3.8) is 0 Å². The van der Waals surface area contributed by atoms with Crippen LogP contribution in [0.25, 0.3) is 0 Å². The number of benzene rings is 1. The summed E-state index contributed by atoms with van der Waals surface area (Å²) in [4.78, 5) is 14.3. The molecule has 0 aromatic heterocycles. The van der Waals surface area contributed by atoms with E-state index in [1.54, 1.807) is 17.9 Å². The molecule has 1 aliphatic carbocycles. The molecule has 0 bridgehead atoms. The Balaban J connectivity index is 1.63. The molecule has 3 nitrogen and oxygen atoms in total. The number of halogens is 1. The molecule has 0 saturated heterocycles. The van der Waals surface area contributed by atoms with Gasteiger partial charge in [-0.15, -0.1) is 0 Å². The monoisotopic (exact) mass is 319 g/mol. The van der Waals surface area contributed by atoms with Gasteiger partial charge in [0.05, 0.1) is 11.2 Å². The van der Waals surface area contributed by atoms with E-state index in [0.717, 1.165) is 31.2 Å². The van der Waals surface area contributed by atoms with E-state index >= 15 is 0 Å². The number of aliphatic hydroxyl groups is 1. The van der Waals surface area contributed by atoms with Crippen LogP contribution < -0.4 is 0 Å². The molecule has 1 aromatic rings. The lowest BCUT2D eigenvalue weighted by Gasteiger charge is -2.36. The summed E-state index contributed by atoms with van der Waals surface area (Å²) in [6.07, 6.45) is 4.04. The molecule has 126 valence electrons. The SMILES string of the molecule is Cc1ccc2c(c1F)C(=O)N(CC1CCC(C(C)(C)O)CC1)C2. The van der Waals surface area contributed by atoms with Gasteiger partial charge in [-0.2, -0.15) is 0 Å². The minimum absolute atomic E-state index is 0.161. The van der Waals surface area contributed by atoms with Gasteiger partial charge in [0, 0.05) is 13.1 Å². The van der Waals surface area contributed by atoms with Crippen LogP contribution in [0.5, 0.6) is 0 Å². The van der Waals surface area contributed by atoms with Gasteiger partial charge < -0.3 is 10.0 Å². The number of hydrogen-bond acceptors (Lipinski definition) is 2. The first-order valence-electron chi connectivity index (χ1n) is 8.57. The van der Waals surface area contributed by atoms with Gasteiger partial charge >= 0.3 is 0 Å². The van der Waals surface area contributed by atoms with E-state index in [4.69, 9.17) is 0 Å². The van der Waals surface area contributed by atoms with Gasteiger partial charge in [-0.05, 0) is 69.4 Å². The number of carbonyl (C=O) groups excluding carboxylic acids is 1. The molecule has 1 heterocycles. The van der Waals surface area contributed by atoms with E-state index in [0.29, 0.717) is 30.5 Å². The van der Waals surface area contributed by atoms with E-state index in [9.17, 15) is 14.3 Å². The van der Waals surface area contributed by atoms with Crippen molar-refractivity contribution in [1.82, 2.24) is 4.90 Å². The number of nitrogens with zero attached hydrogens (tertiary/aromatic N) is 1. The second-order valence-corrected chi connectivity index (χ2v) is 7.79. The van der Waals surface area contributed by atoms with Crippen LogP contribution in [0.1, 0.15) is 61.0 Å². The van der Waals surface area contributed by atoms with Gasteiger partial charge in [-0.1, -0.05) is 12.1 Å². The molecule has 2 aliphatic rings. The van der Waals surface area contributed by atoms with Crippen molar-refractivity contribution in [2.75, 3.05) is 6.54 Å². The van der Waals surface area contributed by atoms with E-state index < -0.39 is 5.60 Å². The quantitative estimate of drug-likeness (QED) is 0.923. The Morgan fingerprint density at radius 2 is 1.91 bits per heavy atom. The highest BCUT2D eigenvalue weighted by atomic mass is 19.1. The molecule has 1 aromatic carbocycles. The molecule has 4 heteroatoms. The van der Waals surface area contributed by atoms with E-state index in [2.05, 4.69) is 0 Å². The third kappa shape index (κ3) is 3.14. The van der Waals surface area contributed by atoms with Crippen molar-refractivity contribution < 1.29 is 14.3 Å². The second-order valence-electron chi connectivity index (χ2n) is 7.79. The van der Waals surface area contributed by atoms with E-state index in [1.807, 2.05) is 19.9 Å². The first-order valence-corrected chi connectivity index (χ1v) is 8.57. The molecule has 0 unspecified atom stereocenters. The van der Waals surface area contributed by atoms with E-state index in [1.165, 1.54) is 0 Å². The van der Waals surface area contributed by atoms with Crippen LogP contribution in [0.4, 0.5) is 4.39 Å². The summed E-state index contributed by atoms with van der Waals surface area (Å²) < 4.78 is 14.2. The Labute approximate surface area is 137 Å². The van der Waals surface area contributed by atoms with Crippen LogP contribution in [0, 0.1) is 24.6 Å². The lowest BCUT2D eigenvalue weighted by molar-refractivity contribution is -0.00801. The van der Waals surface area contributed by atoms with Crippen molar-refractivity contribution >= 4 is 5.91 Å². The summed E-state index contributed by atoms with van der Waals surface area (Å²) in [5.41, 5.74) is 0.994. The maximum absolute atomic E-state index is 14.2. The molecule has 1 N–H and O–H groups in total. The highest BCUT2D eigenvalue weighted by Gasteiger charge is 2.35. The smallest absolute Gasteiger partial charge is 0.257 e. The molecule has 1 amide bonds. The van der Waals surface area contributed by atoms with Gasteiger partial charge in [0.15, 0.2) is 0 Å². The fourth-order valence-corrected chi connectivity index (χ4v) is 4.03. The van der Waals surface area contributed by atoms with Crippen molar-refractivity contribution in [3.8, 4) is 0 Å². The van der Waals surface area contributed by atoms with Crippen molar-refractivity contribution in [1.29, 1.82) is 0 Å². The molecule has 3 rings (SSSR count). The number of hydrogen-bond donors (Lipinski definition) is 1. The molecular formula is C19H26FNO2. The summed E-state index contributed by atoms with van der Waals surface area (Å²) in [7, 11) is 0. The Bertz CT molecular complexity index is 613. The van der Waals surface area contributed by atoms with Gasteiger partial charge in [0.25, 0.3) is 5.91 Å². The minimum Gasteiger partial charge on any atom is -0.390 e. The van der Waals surface area contributed by atoms with Gasteiger partial charge in [-0.25, -0.2) is 4.39 Å². The summed E-state index contributed by atoms with van der Waals surface area (Å²) in [6, 6.07) is 3.62. The van der Waals surface area contributed by atoms with Gasteiger partial charge in [0.2, 0.25) is 0 Å². The number of amides is 1. The molecule has 0 radical (unpaired) electrons. The van der Waals surface area contributed by atoms with Crippen molar-refractivity contribution in [2.24, 2.45) is 11.8 Å². The number of fused-ring (bicyclic) bond motifs is 1. The van der Waals surface area contributed by atoms with Crippen LogP contribution in [0.3, 0.4) is 0 Å². The largest absolute Gasteiger partial charge is 0.390 e. The zero-order valence-corrected chi connectivity index (χ0v) is 14.2. The first kappa shape index (κ1) is 16.4. The third-order valence-corrected chi connectivity index (χ3v) is 5.61. The van der Waals surface area contributed by atoms with Gasteiger partial charge in [-0.3, -0.25) is 4.79 Å². The maximum Gasteiger partial charge on any atom is 0.257 e. The summed E-state index contributed by atoms with van der Waals surface area (Å²) in [5.74, 6) is 0.271. The number of rotatable bonds is 3. The average molecular weight is 319 g/mol. The van der Waals surface area contributed by atoms with Crippen LogP contribution in [-0.2, 0) is 6.54 Å². The Hall–Kier alpha value is -1.42. The predicted octanol–water partition coefficient (Wildman–Crippen LogP) is 3.67. The molecular weight excluding hydrogens is 293 g/mol. The lowest BCUT2D eigenvalue weighted by Crippen LogP contribution is -2.37. The molecule has 0 spiro atoms. The minimum atomic E-state index is -0.620. The third-order valence-electron chi connectivity index (χ3n) is 5.61. The van der Waals surface area contributed by atoms with Crippen LogP contribution in [0.2, 0.25) is 0 Å². The van der Waals surface area contributed by atoms with Crippen LogP contribution >= 0.6 is 0 Å². The van der Waals surface area contributed by atoms with Crippen LogP contribution in [0.15, 0.2) is 12.1 Å². The maximum atomic E-state index is 14.2. The first-order chi connectivity index (χ1) is 10.8. The summed E-state index contributed by atoms with van der Waals surface area (Å²) >= 11 is 0. The lowest BCUT2D eigenvalue weighted by atomic mass is 9.75. The Morgan fingerprint density at radius 1 is 1.26 bits per heavy atom. The average Bonchev–Trinajstić information content (AvgIpc) is 2.80. The zero-order valence-electron chi connectivity index (χ0n) is 14.2. The molecule has 0 atom stereocenters. The second kappa shape index (κ2) is 5.90. The number of carbonyl (C=O) groups is 1.